The molecule has 0 aromatic carbocycles. The lowest BCUT2D eigenvalue weighted by atomic mass is 9.88. The molecule has 1 atom stereocenters. The van der Waals surface area contributed by atoms with Crippen LogP contribution in [0.5, 0.6) is 0 Å². The van der Waals surface area contributed by atoms with Gasteiger partial charge in [0, 0.05) is 43.0 Å². The fourth-order valence-corrected chi connectivity index (χ4v) is 4.13. The Balaban J connectivity index is 1.79. The third-order valence-corrected chi connectivity index (χ3v) is 5.16. The molecular weight excluding hydrogens is 276 g/mol. The normalized spacial score (nSPS) is 25.9. The molecule has 0 N–H and O–H groups in total. The van der Waals surface area contributed by atoms with Crippen LogP contribution in [0.25, 0.3) is 0 Å². The van der Waals surface area contributed by atoms with Crippen LogP contribution < -0.4 is 4.90 Å². The molecule has 120 valence electrons. The summed E-state index contributed by atoms with van der Waals surface area (Å²) < 4.78 is 0. The van der Waals surface area contributed by atoms with E-state index in [-0.39, 0.29) is 5.54 Å². The van der Waals surface area contributed by atoms with E-state index in [0.717, 1.165) is 62.7 Å². The maximum Gasteiger partial charge on any atom is 0.225 e. The maximum absolute atomic E-state index is 12.1. The first-order valence-corrected chi connectivity index (χ1v) is 8.42. The molecule has 1 unspecified atom stereocenters. The maximum atomic E-state index is 12.1. The second-order valence-electron chi connectivity index (χ2n) is 6.65. The van der Waals surface area contributed by atoms with Crippen molar-refractivity contribution in [3.63, 3.8) is 0 Å². The number of nitrogens with zero attached hydrogens (tertiary/aromatic N) is 4. The van der Waals surface area contributed by atoms with Crippen LogP contribution in [0.15, 0.2) is 6.07 Å². The molecule has 5 heteroatoms. The van der Waals surface area contributed by atoms with Crippen LogP contribution in [-0.2, 0) is 4.79 Å². The lowest BCUT2D eigenvalue weighted by Crippen LogP contribution is -2.46. The smallest absolute Gasteiger partial charge is 0.225 e. The SMILES string of the molecule is CCN1C(=O)CCC12CCCN(c1nc(C)cc(C)n1)CC2. The Hall–Kier alpha value is -1.65. The summed E-state index contributed by atoms with van der Waals surface area (Å²) in [6.45, 7) is 8.89. The van der Waals surface area contributed by atoms with Crippen LogP contribution >= 0.6 is 0 Å². The van der Waals surface area contributed by atoms with Gasteiger partial charge in [0.15, 0.2) is 0 Å². The van der Waals surface area contributed by atoms with Crippen molar-refractivity contribution in [2.45, 2.75) is 58.4 Å². The molecule has 0 saturated carbocycles. The summed E-state index contributed by atoms with van der Waals surface area (Å²) in [5, 5.41) is 0. The molecule has 0 bridgehead atoms. The topological polar surface area (TPSA) is 49.3 Å². The van der Waals surface area contributed by atoms with Gasteiger partial charge in [-0.1, -0.05) is 0 Å². The molecule has 2 fully saturated rings. The highest BCUT2D eigenvalue weighted by Crippen LogP contribution is 2.39. The van der Waals surface area contributed by atoms with E-state index in [1.807, 2.05) is 19.9 Å². The van der Waals surface area contributed by atoms with Crippen molar-refractivity contribution in [3.05, 3.63) is 17.5 Å². The third-order valence-electron chi connectivity index (χ3n) is 5.16. The lowest BCUT2D eigenvalue weighted by molar-refractivity contribution is -0.131. The molecule has 0 radical (unpaired) electrons. The Kier molecular flexibility index (Phi) is 4.06. The van der Waals surface area contributed by atoms with E-state index >= 15 is 0 Å². The number of amides is 1. The number of rotatable bonds is 2. The molecule has 1 aromatic heterocycles. The van der Waals surface area contributed by atoms with Crippen molar-refractivity contribution in [2.24, 2.45) is 0 Å². The van der Waals surface area contributed by atoms with E-state index in [4.69, 9.17) is 0 Å². The van der Waals surface area contributed by atoms with Gasteiger partial charge in [0.1, 0.15) is 0 Å². The van der Waals surface area contributed by atoms with E-state index < -0.39 is 0 Å². The summed E-state index contributed by atoms with van der Waals surface area (Å²) >= 11 is 0. The van der Waals surface area contributed by atoms with Gasteiger partial charge in [-0.05, 0) is 52.5 Å². The van der Waals surface area contributed by atoms with Crippen LogP contribution in [0.3, 0.4) is 0 Å². The van der Waals surface area contributed by atoms with Crippen molar-refractivity contribution in [1.82, 2.24) is 14.9 Å². The van der Waals surface area contributed by atoms with Gasteiger partial charge in [0.2, 0.25) is 11.9 Å². The molecule has 1 aromatic rings. The number of hydrogen-bond acceptors (Lipinski definition) is 4. The molecule has 2 aliphatic rings. The van der Waals surface area contributed by atoms with Crippen molar-refractivity contribution in [1.29, 1.82) is 0 Å². The van der Waals surface area contributed by atoms with Gasteiger partial charge < -0.3 is 9.80 Å². The zero-order valence-corrected chi connectivity index (χ0v) is 13.9. The van der Waals surface area contributed by atoms with E-state index in [1.54, 1.807) is 0 Å². The van der Waals surface area contributed by atoms with Crippen LogP contribution in [0.2, 0.25) is 0 Å². The number of aryl methyl sites for hydroxylation is 2. The zero-order valence-electron chi connectivity index (χ0n) is 13.9. The number of hydrogen-bond donors (Lipinski definition) is 0. The number of likely N-dealkylation sites (tertiary alicyclic amines) is 1. The van der Waals surface area contributed by atoms with Crippen molar-refractivity contribution in [2.75, 3.05) is 24.5 Å². The molecule has 0 aliphatic carbocycles. The average Bonchev–Trinajstić information content (AvgIpc) is 2.65. The zero-order chi connectivity index (χ0) is 15.7. The Bertz CT molecular complexity index is 554. The molecule has 5 nitrogen and oxygen atoms in total. The monoisotopic (exact) mass is 302 g/mol. The summed E-state index contributed by atoms with van der Waals surface area (Å²) in [6, 6.07) is 2.01. The summed E-state index contributed by atoms with van der Waals surface area (Å²) in [5.74, 6) is 1.18. The highest BCUT2D eigenvalue weighted by molar-refractivity contribution is 5.79. The molecule has 3 rings (SSSR count). The Morgan fingerprint density at radius 1 is 1.14 bits per heavy atom. The van der Waals surface area contributed by atoms with Gasteiger partial charge >= 0.3 is 0 Å². The second kappa shape index (κ2) is 5.86. The van der Waals surface area contributed by atoms with Gasteiger partial charge in [-0.15, -0.1) is 0 Å². The Morgan fingerprint density at radius 2 is 1.86 bits per heavy atom. The van der Waals surface area contributed by atoms with Crippen molar-refractivity contribution < 1.29 is 4.79 Å². The quantitative estimate of drug-likeness (QED) is 0.842. The highest BCUT2D eigenvalue weighted by atomic mass is 16.2. The van der Waals surface area contributed by atoms with Gasteiger partial charge in [-0.3, -0.25) is 4.79 Å². The molecule has 1 spiro atoms. The number of carbonyl (C=O) groups is 1. The van der Waals surface area contributed by atoms with E-state index in [2.05, 4.69) is 26.7 Å². The summed E-state index contributed by atoms with van der Waals surface area (Å²) in [5.41, 5.74) is 2.12. The molecule has 1 amide bonds. The Morgan fingerprint density at radius 3 is 2.55 bits per heavy atom. The first-order valence-electron chi connectivity index (χ1n) is 8.42. The van der Waals surface area contributed by atoms with E-state index in [0.29, 0.717) is 12.3 Å². The average molecular weight is 302 g/mol. The van der Waals surface area contributed by atoms with Crippen molar-refractivity contribution in [3.8, 4) is 0 Å². The van der Waals surface area contributed by atoms with Gasteiger partial charge in [-0.25, -0.2) is 9.97 Å². The molecule has 3 heterocycles. The van der Waals surface area contributed by atoms with Gasteiger partial charge in [0.25, 0.3) is 0 Å². The second-order valence-corrected chi connectivity index (χ2v) is 6.65. The molecular formula is C17H26N4O. The van der Waals surface area contributed by atoms with Gasteiger partial charge in [-0.2, -0.15) is 0 Å². The highest BCUT2D eigenvalue weighted by Gasteiger charge is 2.44. The number of anilines is 1. The standard InChI is InChI=1S/C17H26N4O/c1-4-21-15(22)6-8-17(21)7-5-10-20(11-9-17)16-18-13(2)12-14(3)19-16/h12H,4-11H2,1-3H3. The Labute approximate surface area is 132 Å². The minimum absolute atomic E-state index is 0.0828. The van der Waals surface area contributed by atoms with Crippen LogP contribution in [0.1, 0.15) is 50.4 Å². The minimum Gasteiger partial charge on any atom is -0.341 e. The largest absolute Gasteiger partial charge is 0.341 e. The molecule has 22 heavy (non-hydrogen) atoms. The first-order chi connectivity index (χ1) is 10.5. The summed E-state index contributed by atoms with van der Waals surface area (Å²) in [7, 11) is 0. The van der Waals surface area contributed by atoms with Crippen LogP contribution in [0.4, 0.5) is 5.95 Å². The predicted octanol–water partition coefficient (Wildman–Crippen LogP) is 2.46. The summed E-state index contributed by atoms with van der Waals surface area (Å²) in [6.07, 6.45) is 4.96. The van der Waals surface area contributed by atoms with Gasteiger partial charge in [0.05, 0.1) is 0 Å². The molecule has 2 aliphatic heterocycles. The first kappa shape index (κ1) is 15.3. The van der Waals surface area contributed by atoms with E-state index in [9.17, 15) is 4.79 Å². The third kappa shape index (κ3) is 2.69. The van der Waals surface area contributed by atoms with Crippen LogP contribution in [-0.4, -0.2) is 45.9 Å². The minimum atomic E-state index is 0.0828. The van der Waals surface area contributed by atoms with E-state index in [1.165, 1.54) is 0 Å². The van der Waals surface area contributed by atoms with Crippen LogP contribution in [0, 0.1) is 13.8 Å². The molecule has 2 saturated heterocycles. The predicted molar refractivity (Wildman–Crippen MR) is 86.9 cm³/mol. The number of aromatic nitrogens is 2. The van der Waals surface area contributed by atoms with Crippen molar-refractivity contribution >= 4 is 11.9 Å². The lowest BCUT2D eigenvalue weighted by Gasteiger charge is -2.37. The fourth-order valence-electron chi connectivity index (χ4n) is 4.13. The fraction of sp³-hybridized carbons (Fsp3) is 0.706. The number of carbonyl (C=O) groups excluding carboxylic acids is 1. The summed E-state index contributed by atoms with van der Waals surface area (Å²) in [4.78, 5) is 25.7.